The monoisotopic (exact) mass is 1280 g/mol. The van der Waals surface area contributed by atoms with Gasteiger partial charge >= 0.3 is 0 Å². The fourth-order valence-corrected chi connectivity index (χ4v) is 12.1. The molecular weight excluding hydrogens is 1220 g/mol. The Morgan fingerprint density at radius 2 is 0.804 bits per heavy atom. The second-order valence-corrected chi connectivity index (χ2v) is 23.1. The van der Waals surface area contributed by atoms with Gasteiger partial charge in [0.25, 0.3) is 0 Å². The zero-order valence-electron chi connectivity index (χ0n) is 53.0. The summed E-state index contributed by atoms with van der Waals surface area (Å²) >= 11 is 0. The third-order valence-electron chi connectivity index (χ3n) is 16.8. The number of benzene rings is 5. The first-order chi connectivity index (χ1) is 47.6. The third kappa shape index (κ3) is 11.7. The maximum Gasteiger partial charge on any atom is 0.187 e. The second kappa shape index (κ2) is 26.0. The lowest BCUT2D eigenvalue weighted by Crippen LogP contribution is -2.05. The molecule has 0 bridgehead atoms. The lowest BCUT2D eigenvalue weighted by atomic mass is 10.1. The van der Waals surface area contributed by atoms with Gasteiger partial charge in [0.15, 0.2) is 11.5 Å². The van der Waals surface area contributed by atoms with Crippen molar-refractivity contribution in [3.63, 3.8) is 0 Å². The molecule has 0 amide bonds. The molecule has 12 heterocycles. The van der Waals surface area contributed by atoms with E-state index in [2.05, 4.69) is 83.7 Å². The van der Waals surface area contributed by atoms with Gasteiger partial charge in [-0.25, -0.2) is 29.0 Å². The molecule has 0 atom stereocenters. The summed E-state index contributed by atoms with van der Waals surface area (Å²) in [6.07, 6.45) is 24.0. The lowest BCUT2D eigenvalue weighted by Gasteiger charge is -2.10. The fourth-order valence-electron chi connectivity index (χ4n) is 12.1. The molecule has 0 aliphatic carbocycles. The Balaban J connectivity index is 0.000000120. The predicted octanol–water partition coefficient (Wildman–Crippen LogP) is 10.9. The van der Waals surface area contributed by atoms with Gasteiger partial charge in [-0.1, -0.05) is 110 Å². The molecule has 0 fully saturated rings. The average molecular weight is 1280 g/mol. The minimum Gasteiger partial charge on any atom is -0.375 e. The van der Waals surface area contributed by atoms with Crippen LogP contribution >= 0.6 is 0 Å². The molecule has 97 heavy (non-hydrogen) atoms. The molecule has 24 heteroatoms. The quantitative estimate of drug-likeness (QED) is 0.0917. The average Bonchev–Trinajstić information content (AvgIpc) is 1.61. The van der Waals surface area contributed by atoms with Gasteiger partial charge in [0, 0.05) is 60.8 Å². The summed E-state index contributed by atoms with van der Waals surface area (Å²) in [5.41, 5.74) is 22.3. The van der Waals surface area contributed by atoms with E-state index >= 15 is 0 Å². The highest BCUT2D eigenvalue weighted by Crippen LogP contribution is 2.38. The number of rotatable bonds is 14. The highest BCUT2D eigenvalue weighted by molar-refractivity contribution is 5.68. The highest BCUT2D eigenvalue weighted by Gasteiger charge is 2.32. The summed E-state index contributed by atoms with van der Waals surface area (Å²) in [4.78, 5) is 14.0. The standard InChI is InChI=1S/2C26H20N6O2.C21H18N6O2/c1-3-18-9-10-21-23(12-18)32-22(20(28-30-32)15-33-14-19-7-5-4-6-8-19)13-24-26(27-16-31(21)24)25-11-17(2)29-34-25;1-3-18-9-10-22-24(12-18)32-23(21(28-30-32)15-33-14-19-7-5-4-6-8-19)13-25-26(27-16-31(22)25)20-11-17(2)34-29-20;1-4-14-6-7-16-18(9-14)27-17(15(23-25-27)11-28-5-2)10-19-21(22-12-26(16)19)20-8-13(3)24-29-20/h2*1,4-12,16H,13-15H2,2H3;1,6-9,12H,5,10-11H2,2-3H3. The van der Waals surface area contributed by atoms with E-state index < -0.39 is 0 Å². The zero-order chi connectivity index (χ0) is 66.1. The Morgan fingerprint density at radius 3 is 1.16 bits per heavy atom. The molecule has 14 aromatic rings. The van der Waals surface area contributed by atoms with Crippen LogP contribution in [0.5, 0.6) is 0 Å². The number of fused-ring (bicyclic) bond motifs is 15. The van der Waals surface area contributed by atoms with Crippen molar-refractivity contribution in [3.05, 3.63) is 249 Å². The van der Waals surface area contributed by atoms with Crippen molar-refractivity contribution in [2.75, 3.05) is 6.61 Å². The van der Waals surface area contributed by atoms with Gasteiger partial charge < -0.3 is 27.8 Å². The predicted molar refractivity (Wildman–Crippen MR) is 354 cm³/mol. The third-order valence-corrected chi connectivity index (χ3v) is 16.8. The number of hydrogen-bond acceptors (Lipinski definition) is 18. The molecule has 0 radical (unpaired) electrons. The van der Waals surface area contributed by atoms with Crippen LogP contribution in [0, 0.1) is 57.8 Å². The first-order valence-corrected chi connectivity index (χ1v) is 31.1. The van der Waals surface area contributed by atoms with Crippen molar-refractivity contribution in [1.29, 1.82) is 0 Å². The number of nitrogens with zero attached hydrogens (tertiary/aromatic N) is 18. The van der Waals surface area contributed by atoms with Crippen LogP contribution in [-0.4, -0.2) is 95.7 Å². The molecule has 17 rings (SSSR count). The molecule has 0 saturated heterocycles. The van der Waals surface area contributed by atoms with Crippen LogP contribution in [0.4, 0.5) is 0 Å². The molecule has 0 unspecified atom stereocenters. The molecule has 3 aliphatic rings. The van der Waals surface area contributed by atoms with Gasteiger partial charge in [-0.3, -0.25) is 13.7 Å². The minimum absolute atomic E-state index is 0.333. The Hall–Kier alpha value is -12.7. The Bertz CT molecular complexity index is 5150. The van der Waals surface area contributed by atoms with Crippen molar-refractivity contribution in [2.24, 2.45) is 0 Å². The van der Waals surface area contributed by atoms with E-state index in [1.54, 1.807) is 19.0 Å². The molecule has 0 spiro atoms. The fraction of sp³-hybridized carbons (Fsp3) is 0.178. The molecule has 0 N–H and O–H groups in total. The molecular formula is C73H58N18O6. The number of hydrogen-bond donors (Lipinski definition) is 0. The molecule has 0 saturated carbocycles. The maximum absolute atomic E-state index is 5.99. The van der Waals surface area contributed by atoms with Crippen LogP contribution in [0.2, 0.25) is 0 Å². The molecule has 24 nitrogen and oxygen atoms in total. The normalized spacial score (nSPS) is 11.9. The summed E-state index contributed by atoms with van der Waals surface area (Å²) in [5.74, 6) is 10.1. The van der Waals surface area contributed by atoms with Crippen LogP contribution in [0.15, 0.2) is 166 Å². The number of imidazole rings is 3. The SMILES string of the molecule is C#Cc1ccc2c(c1)-n1nnc(COCC)c1Cc1c(-c3cc(C)no3)ncn1-2.C#Cc1ccc2c(c1)-n1nnc(COCc3ccccc3)c1Cc1c(-c3cc(C)no3)ncn1-2.C#Cc1ccc2c(c1)-n1nnc(COCc3ccccc3)c1Cc1c(-c3cc(C)on3)ncn1-2. The van der Waals surface area contributed by atoms with E-state index in [-0.39, 0.29) is 0 Å². The lowest BCUT2D eigenvalue weighted by molar-refractivity contribution is 0.104. The summed E-state index contributed by atoms with van der Waals surface area (Å²) in [6.45, 7) is 10.2. The van der Waals surface area contributed by atoms with E-state index in [0.717, 1.165) is 147 Å². The van der Waals surface area contributed by atoms with E-state index in [9.17, 15) is 0 Å². The number of terminal acetylenes is 3. The molecule has 476 valence electrons. The van der Waals surface area contributed by atoms with Gasteiger partial charge in [0.1, 0.15) is 64.6 Å². The van der Waals surface area contributed by atoms with Crippen LogP contribution in [0.1, 0.15) is 103 Å². The Kier molecular flexibility index (Phi) is 16.3. The topological polar surface area (TPSA) is 251 Å². The van der Waals surface area contributed by atoms with Crippen molar-refractivity contribution in [1.82, 2.24) is 89.1 Å². The van der Waals surface area contributed by atoms with Crippen LogP contribution in [-0.2, 0) is 66.5 Å². The number of aryl methyl sites for hydroxylation is 3. The van der Waals surface area contributed by atoms with Gasteiger partial charge in [-0.05, 0) is 93.4 Å². The zero-order valence-corrected chi connectivity index (χ0v) is 53.0. The molecule has 9 aromatic heterocycles. The van der Waals surface area contributed by atoms with Crippen molar-refractivity contribution < 1.29 is 27.8 Å². The first-order valence-electron chi connectivity index (χ1n) is 31.1. The summed E-state index contributed by atoms with van der Waals surface area (Å²) in [5, 5.41) is 38.9. The van der Waals surface area contributed by atoms with Crippen LogP contribution in [0.25, 0.3) is 68.4 Å². The van der Waals surface area contributed by atoms with E-state index in [4.69, 9.17) is 47.0 Å². The summed E-state index contributed by atoms with van der Waals surface area (Å²) < 4.78 is 45.6. The largest absolute Gasteiger partial charge is 0.375 e. The highest BCUT2D eigenvalue weighted by atomic mass is 16.5. The summed E-state index contributed by atoms with van der Waals surface area (Å²) in [7, 11) is 0. The van der Waals surface area contributed by atoms with E-state index in [1.165, 1.54) is 0 Å². The van der Waals surface area contributed by atoms with Crippen molar-refractivity contribution in [3.8, 4) is 105 Å². The van der Waals surface area contributed by atoms with Gasteiger partial charge in [0.05, 0.1) is 113 Å². The summed E-state index contributed by atoms with van der Waals surface area (Å²) in [6, 6.07) is 43.2. The van der Waals surface area contributed by atoms with Crippen LogP contribution in [0.3, 0.4) is 0 Å². The van der Waals surface area contributed by atoms with Gasteiger partial charge in [0.2, 0.25) is 0 Å². The van der Waals surface area contributed by atoms with Crippen molar-refractivity contribution >= 4 is 0 Å². The maximum atomic E-state index is 5.99. The second-order valence-electron chi connectivity index (χ2n) is 23.1. The molecule has 5 aromatic carbocycles. The van der Waals surface area contributed by atoms with E-state index in [0.29, 0.717) is 76.1 Å². The molecule has 3 aliphatic heterocycles. The van der Waals surface area contributed by atoms with Gasteiger partial charge in [-0.15, -0.1) is 34.6 Å². The van der Waals surface area contributed by atoms with E-state index in [1.807, 2.05) is 184 Å². The number of ether oxygens (including phenoxy) is 3. The minimum atomic E-state index is 0.333. The Morgan fingerprint density at radius 1 is 0.412 bits per heavy atom. The Labute approximate surface area is 555 Å². The van der Waals surface area contributed by atoms with Gasteiger partial charge in [-0.2, -0.15) is 0 Å². The number of aromatic nitrogens is 18. The smallest absolute Gasteiger partial charge is 0.187 e. The van der Waals surface area contributed by atoms with Crippen LogP contribution < -0.4 is 0 Å². The first kappa shape index (κ1) is 60.6. The van der Waals surface area contributed by atoms with Crippen molar-refractivity contribution in [2.45, 2.75) is 80.0 Å².